The Morgan fingerprint density at radius 3 is 2.03 bits per heavy atom. The highest BCUT2D eigenvalue weighted by atomic mass is 16.2. The van der Waals surface area contributed by atoms with Crippen LogP contribution >= 0.6 is 0 Å². The molecule has 0 aliphatic carbocycles. The average Bonchev–Trinajstić information content (AvgIpc) is 2.65. The van der Waals surface area contributed by atoms with Crippen LogP contribution < -0.4 is 16.0 Å². The number of nitrogens with one attached hydrogen (secondary N) is 1. The van der Waals surface area contributed by atoms with Crippen LogP contribution in [0.2, 0.25) is 0 Å². The molecule has 0 heterocycles. The smallest absolute Gasteiger partial charge is 0.303 e. The van der Waals surface area contributed by atoms with Gasteiger partial charge in [0.05, 0.1) is 0 Å². The Bertz CT molecular complexity index is 949. The Kier molecular flexibility index (Phi) is 6.45. The van der Waals surface area contributed by atoms with Gasteiger partial charge in [0.2, 0.25) is 5.91 Å². The number of Topliss-reactive ketones (excluding diaryl/α,β-unsaturated/α-hetero) is 1. The molecule has 0 spiro atoms. The second kappa shape index (κ2) is 8.61. The van der Waals surface area contributed by atoms with Gasteiger partial charge in [-0.1, -0.05) is 12.1 Å². The first-order valence-electron chi connectivity index (χ1n) is 9.12. The van der Waals surface area contributed by atoms with Gasteiger partial charge in [-0.05, 0) is 75.6 Å². The normalized spacial score (nSPS) is 11.8. The summed E-state index contributed by atoms with van der Waals surface area (Å²) in [7, 11) is 0. The van der Waals surface area contributed by atoms with Crippen LogP contribution in [-0.4, -0.2) is 23.1 Å². The van der Waals surface area contributed by atoms with Crippen molar-refractivity contribution >= 4 is 29.0 Å². The Balaban J connectivity index is 2.61. The van der Waals surface area contributed by atoms with Crippen molar-refractivity contribution < 1.29 is 14.4 Å². The fourth-order valence-electron chi connectivity index (χ4n) is 2.84. The molecule has 0 bridgehead atoms. The van der Waals surface area contributed by atoms with Gasteiger partial charge < -0.3 is 11.1 Å². The summed E-state index contributed by atoms with van der Waals surface area (Å²) >= 11 is 0. The summed E-state index contributed by atoms with van der Waals surface area (Å²) < 4.78 is 0. The number of hydrogen-bond donors (Lipinski definition) is 2. The van der Waals surface area contributed by atoms with Crippen molar-refractivity contribution in [2.45, 2.75) is 39.3 Å². The second-order valence-electron chi connectivity index (χ2n) is 7.73. The summed E-state index contributed by atoms with van der Waals surface area (Å²) in [5.74, 6) is 0.929. The fourth-order valence-corrected chi connectivity index (χ4v) is 2.84. The van der Waals surface area contributed by atoms with Crippen LogP contribution in [0, 0.1) is 12.3 Å². The predicted molar refractivity (Wildman–Crippen MR) is 114 cm³/mol. The van der Waals surface area contributed by atoms with Crippen molar-refractivity contribution in [2.75, 3.05) is 10.6 Å². The number of terminal acetylenes is 1. The van der Waals surface area contributed by atoms with Crippen molar-refractivity contribution in [3.63, 3.8) is 0 Å². The topological polar surface area (TPSA) is 92.5 Å². The number of ketones is 1. The van der Waals surface area contributed by atoms with Crippen LogP contribution in [0.5, 0.6) is 0 Å². The summed E-state index contributed by atoms with van der Waals surface area (Å²) in [4.78, 5) is 38.7. The maximum absolute atomic E-state index is 13.2. The summed E-state index contributed by atoms with van der Waals surface area (Å²) in [6.07, 6.45) is 5.41. The number of amides is 2. The number of rotatable bonds is 5. The number of carbonyl (C=O) groups is 3. The van der Waals surface area contributed by atoms with Gasteiger partial charge in [0.15, 0.2) is 5.78 Å². The molecular weight excluding hydrogens is 366 g/mol. The third-order valence-corrected chi connectivity index (χ3v) is 4.15. The summed E-state index contributed by atoms with van der Waals surface area (Å²) in [6.45, 7) is 6.99. The molecule has 150 valence electrons. The molecule has 29 heavy (non-hydrogen) atoms. The number of nitrogens with zero attached hydrogens (tertiary/aromatic N) is 1. The van der Waals surface area contributed by atoms with Gasteiger partial charge in [0, 0.05) is 22.5 Å². The molecule has 6 nitrogen and oxygen atoms in total. The summed E-state index contributed by atoms with van der Waals surface area (Å²) in [5, 5.41) is 2.90. The molecule has 1 unspecified atom stereocenters. The van der Waals surface area contributed by atoms with E-state index in [2.05, 4.69) is 11.2 Å². The van der Waals surface area contributed by atoms with E-state index in [1.54, 1.807) is 48.5 Å². The maximum atomic E-state index is 13.2. The Morgan fingerprint density at radius 2 is 1.59 bits per heavy atom. The molecule has 0 saturated heterocycles. The molecule has 3 N–H and O–H groups in total. The van der Waals surface area contributed by atoms with Crippen LogP contribution in [0.4, 0.5) is 11.4 Å². The third kappa shape index (κ3) is 5.45. The molecule has 0 fully saturated rings. The van der Waals surface area contributed by atoms with E-state index in [0.717, 1.165) is 0 Å². The molecule has 6 heteroatoms. The van der Waals surface area contributed by atoms with E-state index < -0.39 is 17.5 Å². The zero-order valence-corrected chi connectivity index (χ0v) is 17.0. The Labute approximate surface area is 171 Å². The van der Waals surface area contributed by atoms with E-state index in [1.165, 1.54) is 11.8 Å². The first-order chi connectivity index (χ1) is 13.5. The van der Waals surface area contributed by atoms with Crippen LogP contribution in [0.25, 0.3) is 0 Å². The van der Waals surface area contributed by atoms with Crippen molar-refractivity contribution in [3.05, 3.63) is 59.7 Å². The molecule has 2 aromatic carbocycles. The van der Waals surface area contributed by atoms with Gasteiger partial charge in [0.25, 0.3) is 0 Å². The Morgan fingerprint density at radius 1 is 1.03 bits per heavy atom. The molecule has 0 aromatic heterocycles. The highest BCUT2D eigenvalue weighted by Gasteiger charge is 2.33. The predicted octanol–water partition coefficient (Wildman–Crippen LogP) is 3.09. The van der Waals surface area contributed by atoms with Crippen molar-refractivity contribution in [2.24, 2.45) is 0 Å². The van der Waals surface area contributed by atoms with Crippen LogP contribution in [0.15, 0.2) is 48.5 Å². The van der Waals surface area contributed by atoms with E-state index in [0.29, 0.717) is 22.5 Å². The molecule has 0 aliphatic rings. The zero-order chi connectivity index (χ0) is 21.8. The molecule has 0 aliphatic heterocycles. The minimum atomic E-state index is -1.01. The van der Waals surface area contributed by atoms with Crippen LogP contribution in [0.1, 0.15) is 49.7 Å². The van der Waals surface area contributed by atoms with Gasteiger partial charge in [-0.25, -0.2) is 0 Å². The summed E-state index contributed by atoms with van der Waals surface area (Å²) in [5.41, 5.74) is 7.24. The van der Waals surface area contributed by atoms with Crippen molar-refractivity contribution in [1.29, 1.82) is 0 Å². The number of carbonyl (C=O) groups excluding carboxylic acids is 3. The zero-order valence-electron chi connectivity index (χ0n) is 17.0. The van der Waals surface area contributed by atoms with E-state index in [4.69, 9.17) is 12.2 Å². The highest BCUT2D eigenvalue weighted by molar-refractivity contribution is 6.10. The lowest BCUT2D eigenvalue weighted by Gasteiger charge is -2.32. The maximum Gasteiger partial charge on any atom is 0.303 e. The number of hydrogen-bond acceptors (Lipinski definition) is 4. The SMILES string of the molecule is C#CC(=O)N(c1ccc(C(C)=O)cc1)C(C(=O)NC(C)(C)C)c1ccc(N)cc1. The molecular formula is C23H25N3O3. The molecule has 0 saturated carbocycles. The van der Waals surface area contributed by atoms with Crippen LogP contribution in [0.3, 0.4) is 0 Å². The minimum absolute atomic E-state index is 0.105. The summed E-state index contributed by atoms with van der Waals surface area (Å²) in [6, 6.07) is 12.1. The van der Waals surface area contributed by atoms with Gasteiger partial charge in [-0.2, -0.15) is 0 Å². The molecule has 2 amide bonds. The minimum Gasteiger partial charge on any atom is -0.399 e. The van der Waals surface area contributed by atoms with Crippen molar-refractivity contribution in [1.82, 2.24) is 5.32 Å². The number of nitrogen functional groups attached to an aromatic ring is 1. The van der Waals surface area contributed by atoms with Gasteiger partial charge in [-0.15, -0.1) is 6.42 Å². The first-order valence-corrected chi connectivity index (χ1v) is 9.12. The van der Waals surface area contributed by atoms with Gasteiger partial charge in [-0.3, -0.25) is 19.3 Å². The number of anilines is 2. The monoisotopic (exact) mass is 391 g/mol. The molecule has 0 radical (unpaired) electrons. The Hall–Kier alpha value is -3.59. The number of nitrogens with two attached hydrogens (primary N) is 1. The van der Waals surface area contributed by atoms with E-state index in [1.807, 2.05) is 20.8 Å². The standard InChI is InChI=1S/C23H25N3O3/c1-6-20(28)26(19-13-9-16(10-14-19)15(2)27)21(22(29)25-23(3,4)5)17-7-11-18(24)12-8-17/h1,7-14,21H,24H2,2-5H3,(H,25,29). The quantitative estimate of drug-likeness (QED) is 0.465. The van der Waals surface area contributed by atoms with Gasteiger partial charge >= 0.3 is 5.91 Å². The highest BCUT2D eigenvalue weighted by Crippen LogP contribution is 2.29. The lowest BCUT2D eigenvalue weighted by molar-refractivity contribution is -0.126. The number of benzene rings is 2. The lowest BCUT2D eigenvalue weighted by Crippen LogP contribution is -2.49. The first kappa shape index (κ1) is 21.7. The molecule has 2 rings (SSSR count). The van der Waals surface area contributed by atoms with E-state index in [-0.39, 0.29) is 11.7 Å². The molecule has 2 aromatic rings. The van der Waals surface area contributed by atoms with Crippen molar-refractivity contribution in [3.8, 4) is 12.3 Å². The fraction of sp³-hybridized carbons (Fsp3) is 0.261. The van der Waals surface area contributed by atoms with E-state index in [9.17, 15) is 14.4 Å². The lowest BCUT2D eigenvalue weighted by atomic mass is 10.00. The molecule has 1 atom stereocenters. The van der Waals surface area contributed by atoms with Gasteiger partial charge in [0.1, 0.15) is 6.04 Å². The second-order valence-corrected chi connectivity index (χ2v) is 7.73. The van der Waals surface area contributed by atoms with Crippen LogP contribution in [-0.2, 0) is 9.59 Å². The van der Waals surface area contributed by atoms with E-state index >= 15 is 0 Å². The third-order valence-electron chi connectivity index (χ3n) is 4.15. The largest absolute Gasteiger partial charge is 0.399 e. The average molecular weight is 391 g/mol.